The molecule has 2 aliphatic heterocycles. The normalized spacial score (nSPS) is 29.7. The highest BCUT2D eigenvalue weighted by Crippen LogP contribution is 2.57. The van der Waals surface area contributed by atoms with Gasteiger partial charge in [0, 0.05) is 31.6 Å². The number of carbonyl (C=O) groups excluding carboxylic acids is 4. The third-order valence-electron chi connectivity index (χ3n) is 10.7. The van der Waals surface area contributed by atoms with E-state index in [-0.39, 0.29) is 54.6 Å². The van der Waals surface area contributed by atoms with E-state index in [1.54, 1.807) is 11.8 Å². The second-order valence-electron chi connectivity index (χ2n) is 16.2. The fourth-order valence-electron chi connectivity index (χ4n) is 7.40. The molecule has 1 aromatic carbocycles. The van der Waals surface area contributed by atoms with Crippen LogP contribution < -0.4 is 9.46 Å². The summed E-state index contributed by atoms with van der Waals surface area (Å²) in [5.41, 5.74) is -0.612. The number of ether oxygens (including phenoxy) is 1. The van der Waals surface area contributed by atoms with Gasteiger partial charge in [0.05, 0.1) is 33.0 Å². The standard InChI is InChI=1S/C37H49N3O7S2/c1-35(2,3)21-26(41)18-24-12-8-6-5-7-9-13-25-20-37(25,33(44)39-49(45,46)36(4)16-17-36)22-30(42)29-19-27(23-40(29)32(24)43)47-34-38-28-14-10-11-15-31(28)48-34/h9-11,13-15,24-25,27,29H,5-8,12,16-23H2,1-4H3,(H,39,44)/b13-9-/t24-,25-,27-,29+,37-/m1/s1. The van der Waals surface area contributed by atoms with Crippen LogP contribution in [-0.4, -0.2) is 65.1 Å². The third kappa shape index (κ3) is 7.95. The van der Waals surface area contributed by atoms with Crippen molar-refractivity contribution in [1.29, 1.82) is 0 Å². The van der Waals surface area contributed by atoms with Gasteiger partial charge in [0.25, 0.3) is 5.19 Å². The maximum Gasteiger partial charge on any atom is 0.274 e. The van der Waals surface area contributed by atoms with E-state index in [1.165, 1.54) is 11.3 Å². The Labute approximate surface area is 293 Å². The number of benzene rings is 1. The van der Waals surface area contributed by atoms with E-state index in [9.17, 15) is 27.6 Å². The van der Waals surface area contributed by atoms with Gasteiger partial charge in [-0.05, 0) is 68.9 Å². The monoisotopic (exact) mass is 711 g/mol. The van der Waals surface area contributed by atoms with Crippen LogP contribution in [-0.2, 0) is 29.2 Å². The van der Waals surface area contributed by atoms with Crippen molar-refractivity contribution in [1.82, 2.24) is 14.6 Å². The summed E-state index contributed by atoms with van der Waals surface area (Å²) in [6, 6.07) is 6.82. The summed E-state index contributed by atoms with van der Waals surface area (Å²) < 4.78 is 34.8. The van der Waals surface area contributed by atoms with Gasteiger partial charge in [-0.2, -0.15) is 0 Å². The number of rotatable bonds is 8. The summed E-state index contributed by atoms with van der Waals surface area (Å²) in [5.74, 6) is -1.98. The third-order valence-corrected chi connectivity index (χ3v) is 13.8. The molecule has 266 valence electrons. The molecule has 0 bridgehead atoms. The number of thiazole rings is 1. The van der Waals surface area contributed by atoms with E-state index in [0.717, 1.165) is 35.9 Å². The van der Waals surface area contributed by atoms with Crippen molar-refractivity contribution in [3.8, 4) is 5.19 Å². The number of sulfonamides is 1. The van der Waals surface area contributed by atoms with Gasteiger partial charge in [-0.1, -0.05) is 69.2 Å². The van der Waals surface area contributed by atoms with Gasteiger partial charge in [0.2, 0.25) is 21.8 Å². The van der Waals surface area contributed by atoms with Gasteiger partial charge in [0.1, 0.15) is 11.9 Å². The molecule has 1 N–H and O–H groups in total. The number of hydrogen-bond donors (Lipinski definition) is 1. The maximum atomic E-state index is 14.4. The molecule has 3 fully saturated rings. The van der Waals surface area contributed by atoms with Crippen molar-refractivity contribution in [3.63, 3.8) is 0 Å². The minimum absolute atomic E-state index is 0.0260. The molecular weight excluding hydrogens is 663 g/mol. The number of hydrogen-bond acceptors (Lipinski definition) is 9. The van der Waals surface area contributed by atoms with Crippen LogP contribution in [0.25, 0.3) is 10.2 Å². The molecule has 0 unspecified atom stereocenters. The van der Waals surface area contributed by atoms with E-state index in [1.807, 2.05) is 57.2 Å². The number of allylic oxidation sites excluding steroid dienone is 2. The summed E-state index contributed by atoms with van der Waals surface area (Å²) in [6.45, 7) is 7.79. The molecule has 49 heavy (non-hydrogen) atoms. The molecule has 1 aromatic heterocycles. The summed E-state index contributed by atoms with van der Waals surface area (Å²) in [5, 5.41) is 0.452. The molecule has 5 atom stereocenters. The number of amides is 2. The zero-order valence-corrected chi connectivity index (χ0v) is 30.7. The predicted octanol–water partition coefficient (Wildman–Crippen LogP) is 6.14. The minimum atomic E-state index is -3.90. The number of Topliss-reactive ketones (excluding diaryl/α,β-unsaturated/α-hetero) is 2. The molecule has 4 aliphatic rings. The first-order valence-corrected chi connectivity index (χ1v) is 20.0. The highest BCUT2D eigenvalue weighted by molar-refractivity contribution is 7.91. The maximum absolute atomic E-state index is 14.4. The van der Waals surface area contributed by atoms with Crippen molar-refractivity contribution in [3.05, 3.63) is 36.4 Å². The number of ketones is 2. The fraction of sp³-hybridized carbons (Fsp3) is 0.649. The van der Waals surface area contributed by atoms with Gasteiger partial charge in [0.15, 0.2) is 5.78 Å². The molecule has 0 radical (unpaired) electrons. The molecule has 2 aliphatic carbocycles. The van der Waals surface area contributed by atoms with Gasteiger partial charge in [-0.15, -0.1) is 0 Å². The highest BCUT2D eigenvalue weighted by Gasteiger charge is 2.62. The lowest BCUT2D eigenvalue weighted by molar-refractivity contribution is -0.143. The lowest BCUT2D eigenvalue weighted by Crippen LogP contribution is -2.47. The summed E-state index contributed by atoms with van der Waals surface area (Å²) in [6.07, 6.45) is 9.17. The van der Waals surface area contributed by atoms with Crippen LogP contribution in [0, 0.1) is 22.7 Å². The molecule has 1 saturated heterocycles. The van der Waals surface area contributed by atoms with E-state index < -0.39 is 44.2 Å². The number of para-hydroxylation sites is 1. The van der Waals surface area contributed by atoms with Crippen LogP contribution in [0.15, 0.2) is 36.4 Å². The van der Waals surface area contributed by atoms with Gasteiger partial charge in [-0.3, -0.25) is 23.9 Å². The lowest BCUT2D eigenvalue weighted by Gasteiger charge is -2.29. The Kier molecular flexibility index (Phi) is 9.87. The van der Waals surface area contributed by atoms with Crippen molar-refractivity contribution in [2.24, 2.45) is 22.7 Å². The second kappa shape index (κ2) is 13.5. The average Bonchev–Trinajstić information content (AvgIpc) is 3.82. The smallest absolute Gasteiger partial charge is 0.274 e. The van der Waals surface area contributed by atoms with Crippen LogP contribution >= 0.6 is 11.3 Å². The number of aromatic nitrogens is 1. The van der Waals surface area contributed by atoms with Crippen molar-refractivity contribution in [2.75, 3.05) is 6.54 Å². The molecule has 6 rings (SSSR count). The Bertz CT molecular complexity index is 1720. The van der Waals surface area contributed by atoms with Crippen molar-refractivity contribution >= 4 is 55.0 Å². The Morgan fingerprint density at radius 3 is 2.59 bits per heavy atom. The fourth-order valence-corrected chi connectivity index (χ4v) is 9.62. The first-order chi connectivity index (χ1) is 23.1. The van der Waals surface area contributed by atoms with Gasteiger partial charge in [-0.25, -0.2) is 13.4 Å². The molecule has 2 amide bonds. The highest BCUT2D eigenvalue weighted by atomic mass is 32.2. The number of fused-ring (bicyclic) bond motifs is 3. The zero-order chi connectivity index (χ0) is 35.2. The topological polar surface area (TPSA) is 140 Å². The van der Waals surface area contributed by atoms with E-state index in [4.69, 9.17) is 4.74 Å². The van der Waals surface area contributed by atoms with Crippen LogP contribution in [0.2, 0.25) is 0 Å². The molecule has 10 nitrogen and oxygen atoms in total. The largest absolute Gasteiger partial charge is 0.465 e. The Balaban J connectivity index is 1.29. The molecule has 0 spiro atoms. The van der Waals surface area contributed by atoms with Crippen LogP contribution in [0.3, 0.4) is 0 Å². The summed E-state index contributed by atoms with van der Waals surface area (Å²) in [7, 11) is -3.90. The number of carbonyl (C=O) groups is 4. The Hall–Kier alpha value is -3.12. The lowest BCUT2D eigenvalue weighted by atomic mass is 9.85. The molecular formula is C37H49N3O7S2. The molecule has 2 saturated carbocycles. The summed E-state index contributed by atoms with van der Waals surface area (Å²) >= 11 is 1.40. The molecule has 2 aromatic rings. The van der Waals surface area contributed by atoms with Crippen LogP contribution in [0.1, 0.15) is 105 Å². The molecule has 12 heteroatoms. The molecule has 3 heterocycles. The van der Waals surface area contributed by atoms with E-state index >= 15 is 0 Å². The van der Waals surface area contributed by atoms with Gasteiger partial charge < -0.3 is 9.64 Å². The SMILES string of the molecule is CC(C)(C)CC(=O)C[C@H]1CCCCC/C=C\[C@@H]2C[C@@]2(C(=O)NS(=O)(=O)C2(C)CC2)CC(=O)[C@@H]2C[C@@H](Oc3nc4ccccc4s3)CN2C1=O. The predicted molar refractivity (Wildman–Crippen MR) is 188 cm³/mol. The quantitative estimate of drug-likeness (QED) is 0.322. The van der Waals surface area contributed by atoms with Crippen LogP contribution in [0.5, 0.6) is 5.19 Å². The Morgan fingerprint density at radius 1 is 1.12 bits per heavy atom. The first-order valence-electron chi connectivity index (χ1n) is 17.7. The van der Waals surface area contributed by atoms with Crippen molar-refractivity contribution < 1.29 is 32.3 Å². The Morgan fingerprint density at radius 2 is 1.88 bits per heavy atom. The van der Waals surface area contributed by atoms with Gasteiger partial charge >= 0.3 is 0 Å². The number of nitrogens with zero attached hydrogens (tertiary/aromatic N) is 2. The second-order valence-corrected chi connectivity index (χ2v) is 19.4. The summed E-state index contributed by atoms with van der Waals surface area (Å²) in [4.78, 5) is 62.0. The number of nitrogens with one attached hydrogen (secondary N) is 1. The van der Waals surface area contributed by atoms with Crippen LogP contribution in [0.4, 0.5) is 0 Å². The van der Waals surface area contributed by atoms with E-state index in [0.29, 0.717) is 37.3 Å². The van der Waals surface area contributed by atoms with Crippen molar-refractivity contribution in [2.45, 2.75) is 122 Å². The first kappa shape index (κ1) is 35.7. The van der Waals surface area contributed by atoms with E-state index in [2.05, 4.69) is 9.71 Å². The average molecular weight is 712 g/mol. The minimum Gasteiger partial charge on any atom is -0.465 e. The zero-order valence-electron chi connectivity index (χ0n) is 29.0.